The first-order chi connectivity index (χ1) is 9.88. The number of alkyl carbamates (subject to hydrolysis) is 1. The van der Waals surface area contributed by atoms with Crippen molar-refractivity contribution < 1.29 is 28.8 Å². The summed E-state index contributed by atoms with van der Waals surface area (Å²) >= 11 is -1.61. The van der Waals surface area contributed by atoms with Gasteiger partial charge < -0.3 is 19.7 Å². The van der Waals surface area contributed by atoms with Gasteiger partial charge in [-0.3, -0.25) is 9.69 Å². The number of amides is 2. The highest BCUT2D eigenvalue weighted by Gasteiger charge is 2.72. The van der Waals surface area contributed by atoms with E-state index in [1.54, 1.807) is 20.8 Å². The topological polar surface area (TPSA) is 119 Å². The Morgan fingerprint density at radius 1 is 1.41 bits per heavy atom. The van der Waals surface area contributed by atoms with Gasteiger partial charge in [0, 0.05) is 0 Å². The Labute approximate surface area is 131 Å². The molecule has 0 aliphatic carbocycles. The molecule has 0 saturated carbocycles. The lowest BCUT2D eigenvalue weighted by atomic mass is 9.96. The van der Waals surface area contributed by atoms with Gasteiger partial charge in [-0.15, -0.1) is 0 Å². The molecule has 2 saturated heterocycles. The van der Waals surface area contributed by atoms with Gasteiger partial charge in [-0.2, -0.15) is 0 Å². The zero-order valence-corrected chi connectivity index (χ0v) is 13.9. The molecular weight excluding hydrogens is 312 g/mol. The quantitative estimate of drug-likeness (QED) is 0.544. The fraction of sp³-hybridized carbons (Fsp3) is 0.769. The van der Waals surface area contributed by atoms with Crippen LogP contribution in [0.25, 0.3) is 0 Å². The molecule has 2 aliphatic heterocycles. The number of β-lactam (4-membered cyclic amide) rings is 1. The molecule has 8 nitrogen and oxygen atoms in total. The minimum absolute atomic E-state index is 0.554. The van der Waals surface area contributed by atoms with Gasteiger partial charge >= 0.3 is 12.1 Å². The summed E-state index contributed by atoms with van der Waals surface area (Å²) in [5.74, 6) is -1.76. The van der Waals surface area contributed by atoms with Crippen LogP contribution in [0.5, 0.6) is 0 Å². The smallest absolute Gasteiger partial charge is 0.408 e. The van der Waals surface area contributed by atoms with E-state index in [0.717, 1.165) is 4.90 Å². The maximum atomic E-state index is 12.5. The van der Waals surface area contributed by atoms with Crippen molar-refractivity contribution in [1.29, 1.82) is 0 Å². The van der Waals surface area contributed by atoms with Crippen LogP contribution in [0, 0.1) is 0 Å². The number of hydrogen-bond donors (Lipinski definition) is 2. The van der Waals surface area contributed by atoms with Gasteiger partial charge in [0.05, 0.1) is 0 Å². The van der Waals surface area contributed by atoms with E-state index in [4.69, 9.17) is 4.74 Å². The highest BCUT2D eigenvalue weighted by molar-refractivity contribution is 7.94. The number of hydrogen-bond acceptors (Lipinski definition) is 5. The number of fused-ring (bicyclic) bond motifs is 1. The van der Waals surface area contributed by atoms with Crippen LogP contribution in [-0.2, 0) is 25.5 Å². The number of nitrogens with one attached hydrogen (secondary N) is 1. The van der Waals surface area contributed by atoms with Crippen LogP contribution in [0.15, 0.2) is 0 Å². The largest absolute Gasteiger partial charge is 0.614 e. The third-order valence-corrected chi connectivity index (χ3v) is 5.86. The van der Waals surface area contributed by atoms with Crippen LogP contribution in [0.2, 0.25) is 0 Å². The Bertz CT molecular complexity index is 529. The molecule has 2 fully saturated rings. The van der Waals surface area contributed by atoms with Crippen molar-refractivity contribution in [2.75, 3.05) is 0 Å². The Morgan fingerprint density at radius 3 is 2.41 bits per heavy atom. The number of carboxylic acid groups (broad SMARTS) is 1. The van der Waals surface area contributed by atoms with Crippen LogP contribution in [0.1, 0.15) is 34.6 Å². The maximum Gasteiger partial charge on any atom is 0.408 e. The third-order valence-electron chi connectivity index (χ3n) is 3.66. The van der Waals surface area contributed by atoms with Gasteiger partial charge in [-0.1, -0.05) is 0 Å². The monoisotopic (exact) mass is 332 g/mol. The fourth-order valence-electron chi connectivity index (χ4n) is 2.73. The molecule has 0 radical (unpaired) electrons. The molecule has 0 spiro atoms. The van der Waals surface area contributed by atoms with Crippen molar-refractivity contribution >= 4 is 29.1 Å². The first kappa shape index (κ1) is 16.9. The summed E-state index contributed by atoms with van der Waals surface area (Å²) in [5, 5.41) is 10.8. The molecule has 0 aromatic rings. The van der Waals surface area contributed by atoms with E-state index < -0.39 is 57.0 Å². The molecule has 22 heavy (non-hydrogen) atoms. The highest BCUT2D eigenvalue weighted by atomic mass is 32.2. The number of rotatable bonds is 2. The summed E-state index contributed by atoms with van der Waals surface area (Å²) in [5.41, 5.74) is -0.728. The Morgan fingerprint density at radius 2 is 1.95 bits per heavy atom. The van der Waals surface area contributed by atoms with Crippen molar-refractivity contribution in [3.63, 3.8) is 0 Å². The molecule has 2 N–H and O–H groups in total. The number of ether oxygens (including phenoxy) is 1. The number of aliphatic carboxylic acids is 1. The number of nitrogens with zero attached hydrogens (tertiary/aromatic N) is 1. The Hall–Kier alpha value is -1.48. The lowest BCUT2D eigenvalue weighted by molar-refractivity contribution is -0.160. The molecule has 0 aromatic carbocycles. The average molecular weight is 332 g/mol. The predicted octanol–water partition coefficient (Wildman–Crippen LogP) is 0.0421. The molecule has 4 atom stereocenters. The minimum atomic E-state index is -1.61. The highest BCUT2D eigenvalue weighted by Crippen LogP contribution is 2.45. The maximum absolute atomic E-state index is 12.5. The van der Waals surface area contributed by atoms with Crippen LogP contribution in [-0.4, -0.2) is 60.3 Å². The van der Waals surface area contributed by atoms with Crippen LogP contribution in [0.3, 0.4) is 0 Å². The summed E-state index contributed by atoms with van der Waals surface area (Å²) in [6, 6.07) is -2.18. The average Bonchev–Trinajstić information content (AvgIpc) is 2.50. The molecule has 0 bridgehead atoms. The van der Waals surface area contributed by atoms with E-state index in [9.17, 15) is 24.0 Å². The van der Waals surface area contributed by atoms with Crippen molar-refractivity contribution in [1.82, 2.24) is 10.2 Å². The fourth-order valence-corrected chi connectivity index (χ4v) is 4.65. The van der Waals surface area contributed by atoms with E-state index in [0.29, 0.717) is 0 Å². The van der Waals surface area contributed by atoms with Crippen molar-refractivity contribution in [3.8, 4) is 0 Å². The number of carboxylic acids is 1. The van der Waals surface area contributed by atoms with Gasteiger partial charge in [-0.25, -0.2) is 9.59 Å². The molecule has 2 heterocycles. The number of carbonyl (C=O) groups is 3. The molecule has 0 aromatic heterocycles. The normalized spacial score (nSPS) is 33.0. The second-order valence-corrected chi connectivity index (χ2v) is 9.03. The zero-order valence-electron chi connectivity index (χ0n) is 13.1. The molecule has 2 aliphatic rings. The SMILES string of the molecule is CC(C)(C)OC(=O)N[C@@H]1C(=O)N2[C@@H]1[S+]([O-])C(C)(C)[C@@H]2C(=O)O. The summed E-state index contributed by atoms with van der Waals surface area (Å²) in [7, 11) is 0. The van der Waals surface area contributed by atoms with Crippen molar-refractivity contribution in [3.05, 3.63) is 0 Å². The van der Waals surface area contributed by atoms with Crippen LogP contribution < -0.4 is 5.32 Å². The Kier molecular flexibility index (Phi) is 3.85. The molecule has 124 valence electrons. The van der Waals surface area contributed by atoms with Gasteiger partial charge in [0.1, 0.15) is 5.60 Å². The molecule has 1 unspecified atom stereocenters. The first-order valence-corrected chi connectivity index (χ1v) is 8.04. The van der Waals surface area contributed by atoms with E-state index in [2.05, 4.69) is 5.32 Å². The predicted molar refractivity (Wildman–Crippen MR) is 77.4 cm³/mol. The van der Waals surface area contributed by atoms with Gasteiger partial charge in [0.2, 0.25) is 5.37 Å². The number of carbonyl (C=O) groups excluding carboxylic acids is 2. The van der Waals surface area contributed by atoms with Crippen LogP contribution >= 0.6 is 0 Å². The van der Waals surface area contributed by atoms with E-state index in [-0.39, 0.29) is 0 Å². The lowest BCUT2D eigenvalue weighted by Gasteiger charge is -2.41. The zero-order chi connectivity index (χ0) is 17.0. The minimum Gasteiger partial charge on any atom is -0.614 e. The third kappa shape index (κ3) is 2.52. The van der Waals surface area contributed by atoms with Gasteiger partial charge in [0.25, 0.3) is 5.91 Å². The summed E-state index contributed by atoms with van der Waals surface area (Å²) in [6.07, 6.45) is -0.793. The molecule has 9 heteroatoms. The lowest BCUT2D eigenvalue weighted by Crippen LogP contribution is -2.72. The van der Waals surface area contributed by atoms with E-state index in [1.807, 2.05) is 0 Å². The van der Waals surface area contributed by atoms with Gasteiger partial charge in [-0.05, 0) is 45.8 Å². The van der Waals surface area contributed by atoms with E-state index >= 15 is 0 Å². The second kappa shape index (κ2) is 5.02. The van der Waals surface area contributed by atoms with E-state index in [1.165, 1.54) is 13.8 Å². The van der Waals surface area contributed by atoms with Gasteiger partial charge in [0.15, 0.2) is 16.8 Å². The molecule has 2 amide bonds. The summed E-state index contributed by atoms with van der Waals surface area (Å²) < 4.78 is 16.5. The summed E-state index contributed by atoms with van der Waals surface area (Å²) in [4.78, 5) is 36.4. The van der Waals surface area contributed by atoms with Crippen LogP contribution in [0.4, 0.5) is 4.79 Å². The standard InChI is InChI=1S/C13H20N2O6S/c1-12(2,3)21-11(19)14-6-8(16)15-7(10(17)18)13(4,5)22(20)9(6)15/h6-7,9H,1-5H3,(H,14,19)(H,17,18)/t6-,7+,9-,22?/m1/s1. The van der Waals surface area contributed by atoms with Crippen molar-refractivity contribution in [2.24, 2.45) is 0 Å². The summed E-state index contributed by atoms with van der Waals surface area (Å²) in [6.45, 7) is 8.12. The molecule has 2 rings (SSSR count). The second-order valence-electron chi connectivity index (χ2n) is 6.90. The Balaban J connectivity index is 2.15. The van der Waals surface area contributed by atoms with Crippen molar-refractivity contribution in [2.45, 2.75) is 62.4 Å². The molecular formula is C13H20N2O6S. The first-order valence-electron chi connectivity index (χ1n) is 6.83.